The van der Waals surface area contributed by atoms with E-state index in [-0.39, 0.29) is 41.5 Å². The van der Waals surface area contributed by atoms with Crippen molar-refractivity contribution in [3.05, 3.63) is 52.1 Å². The van der Waals surface area contributed by atoms with Crippen LogP contribution < -0.4 is 0 Å². The second-order valence-electron chi connectivity index (χ2n) is 11.8. The molecule has 1 aromatic carbocycles. The van der Waals surface area contributed by atoms with Gasteiger partial charge in [0.05, 0.1) is 6.42 Å². The van der Waals surface area contributed by atoms with Crippen LogP contribution in [-0.4, -0.2) is 17.3 Å². The predicted molar refractivity (Wildman–Crippen MR) is 149 cm³/mol. The summed E-state index contributed by atoms with van der Waals surface area (Å²) in [4.78, 5) is 38.0. The molecule has 0 bridgehead atoms. The minimum Gasteiger partial charge on any atom is -0.300 e. The Bertz CT molecular complexity index is 1040. The first kappa shape index (κ1) is 28.3. The first-order chi connectivity index (χ1) is 17.1. The van der Waals surface area contributed by atoms with E-state index >= 15 is 0 Å². The molecule has 0 heterocycles. The summed E-state index contributed by atoms with van der Waals surface area (Å²) in [5.74, 6) is 1.37. The highest BCUT2D eigenvalue weighted by Crippen LogP contribution is 2.41. The molecule has 0 N–H and O–H groups in total. The van der Waals surface area contributed by atoms with Gasteiger partial charge in [-0.15, -0.1) is 0 Å². The van der Waals surface area contributed by atoms with Gasteiger partial charge in [0.1, 0.15) is 11.6 Å². The van der Waals surface area contributed by atoms with Gasteiger partial charge in [-0.2, -0.15) is 0 Å². The van der Waals surface area contributed by atoms with Crippen LogP contribution in [0.2, 0.25) is 0 Å². The zero-order chi connectivity index (χ0) is 26.4. The number of hydrogen-bond acceptors (Lipinski definition) is 3. The van der Waals surface area contributed by atoms with Crippen molar-refractivity contribution >= 4 is 22.9 Å². The summed E-state index contributed by atoms with van der Waals surface area (Å²) in [6, 6.07) is 4.34. The van der Waals surface area contributed by atoms with Crippen molar-refractivity contribution in [1.82, 2.24) is 0 Å². The highest BCUT2D eigenvalue weighted by atomic mass is 16.1. The van der Waals surface area contributed by atoms with Crippen molar-refractivity contribution in [1.29, 1.82) is 0 Å². The number of allylic oxidation sites excluding steroid dienone is 4. The summed E-state index contributed by atoms with van der Waals surface area (Å²) < 4.78 is 0. The third-order valence-electron chi connectivity index (χ3n) is 8.23. The maximum atomic E-state index is 13.4. The van der Waals surface area contributed by atoms with Crippen LogP contribution >= 0.6 is 0 Å². The molecule has 0 aromatic heterocycles. The van der Waals surface area contributed by atoms with E-state index in [4.69, 9.17) is 0 Å². The van der Waals surface area contributed by atoms with E-state index in [0.717, 1.165) is 56.1 Å². The average Bonchev–Trinajstić information content (AvgIpc) is 3.26. The molecule has 3 nitrogen and oxygen atoms in total. The monoisotopic (exact) mass is 490 g/mol. The van der Waals surface area contributed by atoms with Gasteiger partial charge in [-0.3, -0.25) is 14.4 Å². The highest BCUT2D eigenvalue weighted by Gasteiger charge is 2.34. The second-order valence-corrected chi connectivity index (χ2v) is 11.8. The molecule has 0 spiro atoms. The van der Waals surface area contributed by atoms with Gasteiger partial charge in [-0.25, -0.2) is 0 Å². The van der Waals surface area contributed by atoms with Crippen LogP contribution in [0.1, 0.15) is 119 Å². The largest absolute Gasteiger partial charge is 0.300 e. The van der Waals surface area contributed by atoms with E-state index in [1.807, 2.05) is 0 Å². The third kappa shape index (κ3) is 6.93. The Labute approximate surface area is 218 Å². The average molecular weight is 491 g/mol. The molecule has 0 saturated carbocycles. The van der Waals surface area contributed by atoms with Gasteiger partial charge < -0.3 is 0 Å². The molecule has 0 saturated heterocycles. The van der Waals surface area contributed by atoms with Gasteiger partial charge >= 0.3 is 0 Å². The van der Waals surface area contributed by atoms with E-state index in [1.54, 1.807) is 0 Å². The number of Topliss-reactive ketones (excluding diaryl/α,β-unsaturated/α-hetero) is 3. The van der Waals surface area contributed by atoms with E-state index in [0.29, 0.717) is 12.3 Å². The number of fused-ring (bicyclic) bond motifs is 1. The van der Waals surface area contributed by atoms with Gasteiger partial charge in [0.2, 0.25) is 0 Å². The maximum Gasteiger partial charge on any atom is 0.163 e. The van der Waals surface area contributed by atoms with Gasteiger partial charge in [-0.1, -0.05) is 70.4 Å². The zero-order valence-electron chi connectivity index (χ0n) is 23.4. The molecule has 0 amide bonds. The number of aryl methyl sites for hydroxylation is 1. The molecule has 3 rings (SSSR count). The van der Waals surface area contributed by atoms with Crippen LogP contribution in [-0.2, 0) is 16.0 Å². The van der Waals surface area contributed by atoms with Crippen LogP contribution in [0.5, 0.6) is 0 Å². The lowest BCUT2D eigenvalue weighted by atomic mass is 9.71. The molecule has 196 valence electrons. The van der Waals surface area contributed by atoms with E-state index in [1.165, 1.54) is 35.6 Å². The first-order valence-corrected chi connectivity index (χ1v) is 14.2. The fourth-order valence-corrected chi connectivity index (χ4v) is 6.45. The van der Waals surface area contributed by atoms with Crippen LogP contribution in [0.4, 0.5) is 0 Å². The van der Waals surface area contributed by atoms with Crippen molar-refractivity contribution < 1.29 is 14.4 Å². The number of carbonyl (C=O) groups excluding carboxylic acids is 3. The molecule has 36 heavy (non-hydrogen) atoms. The summed E-state index contributed by atoms with van der Waals surface area (Å²) in [6.45, 7) is 12.3. The van der Waals surface area contributed by atoms with Crippen molar-refractivity contribution in [3.8, 4) is 0 Å². The number of rotatable bonds is 13. The topological polar surface area (TPSA) is 51.2 Å². The van der Waals surface area contributed by atoms with E-state index in [9.17, 15) is 14.4 Å². The Morgan fingerprint density at radius 2 is 1.81 bits per heavy atom. The molecule has 3 atom stereocenters. The smallest absolute Gasteiger partial charge is 0.163 e. The third-order valence-corrected chi connectivity index (χ3v) is 8.23. The summed E-state index contributed by atoms with van der Waals surface area (Å²) in [5.41, 5.74) is 7.32. The van der Waals surface area contributed by atoms with E-state index < -0.39 is 0 Å². The minimum absolute atomic E-state index is 0.0365. The first-order valence-electron chi connectivity index (χ1n) is 14.2. The zero-order valence-corrected chi connectivity index (χ0v) is 23.4. The Morgan fingerprint density at radius 3 is 2.44 bits per heavy atom. The van der Waals surface area contributed by atoms with Crippen LogP contribution in [0, 0.1) is 30.6 Å². The second kappa shape index (κ2) is 12.8. The number of benzene rings is 1. The molecule has 0 aliphatic heterocycles. The fraction of sp³-hybridized carbons (Fsp3) is 0.606. The van der Waals surface area contributed by atoms with Gasteiger partial charge in [-0.05, 0) is 92.4 Å². The van der Waals surface area contributed by atoms with Crippen molar-refractivity contribution in [3.63, 3.8) is 0 Å². The highest BCUT2D eigenvalue weighted by molar-refractivity contribution is 6.01. The maximum absolute atomic E-state index is 13.4. The lowest BCUT2D eigenvalue weighted by molar-refractivity contribution is -0.129. The van der Waals surface area contributed by atoms with Crippen molar-refractivity contribution in [2.75, 3.05) is 0 Å². The lowest BCUT2D eigenvalue weighted by Gasteiger charge is -2.32. The van der Waals surface area contributed by atoms with Crippen LogP contribution in [0.25, 0.3) is 5.57 Å². The Balaban J connectivity index is 1.82. The number of carbonyl (C=O) groups is 3. The predicted octanol–water partition coefficient (Wildman–Crippen LogP) is 8.27. The molecule has 0 radical (unpaired) electrons. The standard InChI is InChI=1S/C33H46O3/c1-7-9-26(28(8-2)31(35)16-23(6)34)18-25-19-30-29(15-11-22(5)33(30)32(36)20-25)27-14-13-24(17-27)12-10-21(3)4/h11,13-15,21,25-26,28H,7-10,12,16-20H2,1-6H3. The summed E-state index contributed by atoms with van der Waals surface area (Å²) in [6.07, 6.45) is 13.0. The molecule has 0 fully saturated rings. The molecule has 3 heteroatoms. The SMILES string of the molecule is CCCC(CC1CC(=O)c2c(C)ccc(C3=CC=C(CCC(C)C)C3)c2C1)C(CC)C(=O)CC(C)=O. The number of hydrogen-bond donors (Lipinski definition) is 0. The Hall–Kier alpha value is -2.29. The van der Waals surface area contributed by atoms with Gasteiger partial charge in [0.15, 0.2) is 5.78 Å². The van der Waals surface area contributed by atoms with Crippen LogP contribution in [0.3, 0.4) is 0 Å². The summed E-state index contributed by atoms with van der Waals surface area (Å²) in [5, 5.41) is 0. The van der Waals surface area contributed by atoms with E-state index in [2.05, 4.69) is 58.9 Å². The molecular formula is C33H46O3. The summed E-state index contributed by atoms with van der Waals surface area (Å²) >= 11 is 0. The lowest BCUT2D eigenvalue weighted by Crippen LogP contribution is -2.30. The molecule has 1 aromatic rings. The number of ketones is 3. The fourth-order valence-electron chi connectivity index (χ4n) is 6.45. The molecule has 2 aliphatic rings. The minimum atomic E-state index is -0.0902. The molecular weight excluding hydrogens is 444 g/mol. The van der Waals surface area contributed by atoms with Crippen LogP contribution in [0.15, 0.2) is 29.9 Å². The Morgan fingerprint density at radius 1 is 1.06 bits per heavy atom. The normalized spacial score (nSPS) is 19.1. The Kier molecular flexibility index (Phi) is 10.0. The summed E-state index contributed by atoms with van der Waals surface area (Å²) in [7, 11) is 0. The van der Waals surface area contributed by atoms with Gasteiger partial charge in [0.25, 0.3) is 0 Å². The van der Waals surface area contributed by atoms with Crippen molar-refractivity contribution in [2.45, 2.75) is 106 Å². The molecule has 2 aliphatic carbocycles. The van der Waals surface area contributed by atoms with Crippen molar-refractivity contribution in [2.24, 2.45) is 23.7 Å². The quantitative estimate of drug-likeness (QED) is 0.261. The molecule has 3 unspecified atom stereocenters. The van der Waals surface area contributed by atoms with Gasteiger partial charge in [0, 0.05) is 17.9 Å².